The molecule has 0 saturated heterocycles. The van der Waals surface area contributed by atoms with Gasteiger partial charge in [-0.2, -0.15) is 0 Å². The van der Waals surface area contributed by atoms with Crippen molar-refractivity contribution in [1.82, 2.24) is 0 Å². The third-order valence-corrected chi connectivity index (χ3v) is 21.8. The summed E-state index contributed by atoms with van der Waals surface area (Å²) in [6, 6.07) is 2.92. The molecule has 0 N–H and O–H groups in total. The highest BCUT2D eigenvalue weighted by Gasteiger charge is 2.66. The third kappa shape index (κ3) is 4.71. The highest BCUT2D eigenvalue weighted by Crippen LogP contribution is 2.71. The SMILES string of the molecule is CC[Si](CC)(C1C2C=C(C(C)(C)C)C=CC2[C@@H]2C=CC(C(C)(C)C)=CC12)C1C2C(C)C(C)C(C)C(C)C2C(C)[C@@H]1C. The maximum absolute atomic E-state index is 2.84. The van der Waals surface area contributed by atoms with Gasteiger partial charge in [0.1, 0.15) is 0 Å². The van der Waals surface area contributed by atoms with Gasteiger partial charge in [-0.15, -0.1) is 0 Å². The molecule has 3 fully saturated rings. The second-order valence-electron chi connectivity index (χ2n) is 18.1. The van der Waals surface area contributed by atoms with Crippen LogP contribution < -0.4 is 0 Å². The van der Waals surface area contributed by atoms with Gasteiger partial charge in [-0.25, -0.2) is 0 Å². The van der Waals surface area contributed by atoms with Crippen molar-refractivity contribution in [3.8, 4) is 0 Å². The first-order valence-electron chi connectivity index (χ1n) is 17.8. The fraction of sp³-hybridized carbons (Fsp3) is 0.800. The van der Waals surface area contributed by atoms with Gasteiger partial charge in [-0.05, 0) is 104 Å². The zero-order valence-electron chi connectivity index (χ0n) is 29.5. The summed E-state index contributed by atoms with van der Waals surface area (Å²) in [5.41, 5.74) is 5.40. The lowest BCUT2D eigenvalue weighted by Gasteiger charge is -2.54. The van der Waals surface area contributed by atoms with E-state index in [1.54, 1.807) is 11.1 Å². The van der Waals surface area contributed by atoms with E-state index in [1.165, 1.54) is 12.1 Å². The molecule has 1 heteroatoms. The molecule has 0 aliphatic heterocycles. The number of rotatable bonds is 4. The lowest BCUT2D eigenvalue weighted by molar-refractivity contribution is 0.0134. The highest BCUT2D eigenvalue weighted by atomic mass is 28.3. The van der Waals surface area contributed by atoms with Crippen LogP contribution in [0.3, 0.4) is 0 Å². The first-order chi connectivity index (χ1) is 19.0. The monoisotopic (exact) mass is 574 g/mol. The highest BCUT2D eigenvalue weighted by molar-refractivity contribution is 6.83. The summed E-state index contributed by atoms with van der Waals surface area (Å²) in [6.45, 7) is 35.9. The maximum Gasteiger partial charge on any atom is 0.0610 e. The summed E-state index contributed by atoms with van der Waals surface area (Å²) < 4.78 is 0. The molecule has 3 saturated carbocycles. The van der Waals surface area contributed by atoms with E-state index in [0.717, 1.165) is 58.4 Å². The summed E-state index contributed by atoms with van der Waals surface area (Å²) in [6.07, 6.45) is 16.1. The van der Waals surface area contributed by atoms with Crippen LogP contribution in [0.25, 0.3) is 0 Å². The van der Waals surface area contributed by atoms with Gasteiger partial charge in [-0.1, -0.05) is 145 Å². The summed E-state index contributed by atoms with van der Waals surface area (Å²) in [7, 11) is -1.76. The van der Waals surface area contributed by atoms with Gasteiger partial charge in [0.2, 0.25) is 0 Å². The summed E-state index contributed by atoms with van der Waals surface area (Å²) in [5.74, 6) is 9.66. The molecule has 12 unspecified atom stereocenters. The largest absolute Gasteiger partial charge is 0.0799 e. The average Bonchev–Trinajstić information content (AvgIpc) is 3.38. The molecule has 5 aliphatic rings. The molecular weight excluding hydrogens is 509 g/mol. The van der Waals surface area contributed by atoms with Crippen molar-refractivity contribution >= 4 is 8.07 Å². The molecule has 0 nitrogen and oxygen atoms in total. The van der Waals surface area contributed by atoms with E-state index in [9.17, 15) is 0 Å². The van der Waals surface area contributed by atoms with Gasteiger partial charge in [-0.3, -0.25) is 0 Å². The minimum Gasteiger partial charge on any atom is -0.0799 e. The quantitative estimate of drug-likeness (QED) is 0.293. The standard InChI is InChI=1S/C40H66Si/c1-15-41(16-2,37-28(8)27(7)35-25(5)23(3)24(4)26(6)36(35)37)38-33-21-29(39(9,10)11)17-19-31(33)32-20-18-30(22-34(32)38)40(12,13)14/h17-28,31-38H,15-16H2,1-14H3/t23?,24?,25?,26?,27?,28-,31-,32?,33?,34?,35?,36?,37?,38?/m0/s1. The molecule has 5 rings (SSSR count). The molecule has 14 atom stereocenters. The van der Waals surface area contributed by atoms with Gasteiger partial charge in [0.05, 0.1) is 8.07 Å². The fourth-order valence-corrected chi connectivity index (χ4v) is 19.7. The Kier molecular flexibility index (Phi) is 8.22. The van der Waals surface area contributed by atoms with Crippen molar-refractivity contribution in [2.45, 2.75) is 120 Å². The number of allylic oxidation sites excluding steroid dienone is 8. The number of hydrogen-bond donors (Lipinski definition) is 0. The Morgan fingerprint density at radius 1 is 0.512 bits per heavy atom. The first kappa shape index (κ1) is 31.6. The van der Waals surface area contributed by atoms with Crippen LogP contribution in [-0.4, -0.2) is 8.07 Å². The smallest absolute Gasteiger partial charge is 0.0610 e. The lowest BCUT2D eigenvalue weighted by Crippen LogP contribution is -2.53. The number of fused-ring (bicyclic) bond motifs is 4. The summed E-state index contributed by atoms with van der Waals surface area (Å²) in [5, 5.41) is 0. The van der Waals surface area contributed by atoms with Crippen LogP contribution >= 0.6 is 0 Å². The van der Waals surface area contributed by atoms with Crippen LogP contribution in [0.2, 0.25) is 23.2 Å². The van der Waals surface area contributed by atoms with Crippen molar-refractivity contribution < 1.29 is 0 Å². The second kappa shape index (κ2) is 10.7. The van der Waals surface area contributed by atoms with Crippen LogP contribution in [-0.2, 0) is 0 Å². The van der Waals surface area contributed by atoms with Gasteiger partial charge >= 0.3 is 0 Å². The van der Waals surface area contributed by atoms with Crippen LogP contribution in [0.4, 0.5) is 0 Å². The molecule has 0 radical (unpaired) electrons. The van der Waals surface area contributed by atoms with Crippen LogP contribution in [0.15, 0.2) is 47.6 Å². The normalized spacial score (nSPS) is 46.1. The fourth-order valence-electron chi connectivity index (χ4n) is 12.0. The Bertz CT molecular complexity index is 1050. The van der Waals surface area contributed by atoms with Crippen LogP contribution in [0.1, 0.15) is 96.9 Å². The van der Waals surface area contributed by atoms with Crippen LogP contribution in [0, 0.1) is 81.8 Å². The molecule has 0 aromatic carbocycles. The molecule has 0 amide bonds. The van der Waals surface area contributed by atoms with E-state index < -0.39 is 8.07 Å². The van der Waals surface area contributed by atoms with Crippen molar-refractivity contribution in [1.29, 1.82) is 0 Å². The average molecular weight is 575 g/mol. The topological polar surface area (TPSA) is 0 Å². The second-order valence-corrected chi connectivity index (χ2v) is 23.3. The molecule has 0 aromatic rings. The van der Waals surface area contributed by atoms with E-state index in [2.05, 4.69) is 133 Å². The van der Waals surface area contributed by atoms with Gasteiger partial charge in [0.25, 0.3) is 0 Å². The van der Waals surface area contributed by atoms with Gasteiger partial charge in [0, 0.05) is 0 Å². The predicted molar refractivity (Wildman–Crippen MR) is 183 cm³/mol. The number of hydrogen-bond acceptors (Lipinski definition) is 0. The predicted octanol–water partition coefficient (Wildman–Crippen LogP) is 11.9. The zero-order valence-corrected chi connectivity index (χ0v) is 30.5. The van der Waals surface area contributed by atoms with Crippen molar-refractivity contribution in [2.75, 3.05) is 0 Å². The third-order valence-electron chi connectivity index (χ3n) is 14.8. The van der Waals surface area contributed by atoms with E-state index in [0.29, 0.717) is 23.7 Å². The van der Waals surface area contributed by atoms with Crippen LogP contribution in [0.5, 0.6) is 0 Å². The molecule has 0 spiro atoms. The molecule has 5 aliphatic carbocycles. The first-order valence-corrected chi connectivity index (χ1v) is 20.4. The van der Waals surface area contributed by atoms with Gasteiger partial charge < -0.3 is 0 Å². The van der Waals surface area contributed by atoms with E-state index >= 15 is 0 Å². The Morgan fingerprint density at radius 3 is 1.29 bits per heavy atom. The van der Waals surface area contributed by atoms with Crippen molar-refractivity contribution in [3.05, 3.63) is 47.6 Å². The minimum absolute atomic E-state index is 0.212. The Hall–Kier alpha value is -0.823. The Morgan fingerprint density at radius 2 is 0.902 bits per heavy atom. The maximum atomic E-state index is 2.84. The molecular formula is C40H66Si. The summed E-state index contributed by atoms with van der Waals surface area (Å²) >= 11 is 0. The lowest BCUT2D eigenvalue weighted by atomic mass is 9.58. The van der Waals surface area contributed by atoms with E-state index in [4.69, 9.17) is 0 Å². The zero-order chi connectivity index (χ0) is 30.4. The molecule has 0 aromatic heterocycles. The van der Waals surface area contributed by atoms with Gasteiger partial charge in [0.15, 0.2) is 0 Å². The molecule has 41 heavy (non-hydrogen) atoms. The van der Waals surface area contributed by atoms with E-state index in [1.807, 2.05) is 0 Å². The van der Waals surface area contributed by atoms with Crippen molar-refractivity contribution in [2.24, 2.45) is 81.8 Å². The molecule has 0 bridgehead atoms. The van der Waals surface area contributed by atoms with E-state index in [-0.39, 0.29) is 10.8 Å². The Labute approximate surface area is 257 Å². The molecule has 230 valence electrons. The van der Waals surface area contributed by atoms with Crippen molar-refractivity contribution in [3.63, 3.8) is 0 Å². The minimum atomic E-state index is -1.76. The Balaban J connectivity index is 1.71. The summed E-state index contributed by atoms with van der Waals surface area (Å²) in [4.78, 5) is 0. The molecule has 0 heterocycles.